The summed E-state index contributed by atoms with van der Waals surface area (Å²) in [4.78, 5) is 28.1. The van der Waals surface area contributed by atoms with E-state index in [1.54, 1.807) is 17.3 Å². The molecule has 5 nitrogen and oxygen atoms in total. The third-order valence-electron chi connectivity index (χ3n) is 2.52. The van der Waals surface area contributed by atoms with Gasteiger partial charge in [-0.25, -0.2) is 0 Å². The van der Waals surface area contributed by atoms with E-state index >= 15 is 0 Å². The van der Waals surface area contributed by atoms with Gasteiger partial charge >= 0.3 is 5.97 Å². The minimum absolute atomic E-state index is 0.0342. The molecule has 0 aliphatic rings. The summed E-state index contributed by atoms with van der Waals surface area (Å²) in [5.41, 5.74) is 0.949. The van der Waals surface area contributed by atoms with Crippen LogP contribution in [-0.2, 0) is 16.1 Å². The van der Waals surface area contributed by atoms with E-state index < -0.39 is 5.97 Å². The van der Waals surface area contributed by atoms with Crippen molar-refractivity contribution in [2.45, 2.75) is 26.8 Å². The predicted octanol–water partition coefficient (Wildman–Crippen LogP) is 1.54. The number of hydrogen-bond donors (Lipinski definition) is 1. The van der Waals surface area contributed by atoms with E-state index in [1.165, 1.54) is 0 Å². The van der Waals surface area contributed by atoms with Gasteiger partial charge in [0.1, 0.15) is 0 Å². The van der Waals surface area contributed by atoms with E-state index in [0.29, 0.717) is 6.54 Å². The van der Waals surface area contributed by atoms with Gasteiger partial charge in [-0.05, 0) is 17.7 Å². The first-order valence-corrected chi connectivity index (χ1v) is 5.90. The van der Waals surface area contributed by atoms with Gasteiger partial charge in [-0.15, -0.1) is 0 Å². The van der Waals surface area contributed by atoms with E-state index in [9.17, 15) is 9.59 Å². The summed E-state index contributed by atoms with van der Waals surface area (Å²) in [7, 11) is 0. The number of aromatic nitrogens is 1. The summed E-state index contributed by atoms with van der Waals surface area (Å²) in [5, 5.41) is 8.70. The minimum atomic E-state index is -0.897. The van der Waals surface area contributed by atoms with Gasteiger partial charge in [0.2, 0.25) is 5.91 Å². The Labute approximate surface area is 106 Å². The number of carbonyl (C=O) groups is 2. The predicted molar refractivity (Wildman–Crippen MR) is 66.7 cm³/mol. The molecule has 1 amide bonds. The summed E-state index contributed by atoms with van der Waals surface area (Å²) in [5.74, 6) is -1.07. The van der Waals surface area contributed by atoms with E-state index in [4.69, 9.17) is 5.11 Å². The Bertz CT molecular complexity index is 404. The van der Waals surface area contributed by atoms with E-state index in [0.717, 1.165) is 5.56 Å². The number of carbonyl (C=O) groups excluding carboxylic acids is 1. The number of hydrogen-bond acceptors (Lipinski definition) is 3. The lowest BCUT2D eigenvalue weighted by Gasteiger charge is -2.24. The van der Waals surface area contributed by atoms with Gasteiger partial charge < -0.3 is 10.0 Å². The van der Waals surface area contributed by atoms with Crippen molar-refractivity contribution in [3.63, 3.8) is 0 Å². The van der Waals surface area contributed by atoms with Crippen LogP contribution >= 0.6 is 0 Å². The smallest absolute Gasteiger partial charge is 0.305 e. The fourth-order valence-corrected chi connectivity index (χ4v) is 1.57. The molecule has 0 spiro atoms. The average Bonchev–Trinajstić information content (AvgIpc) is 2.34. The van der Waals surface area contributed by atoms with Crippen LogP contribution in [0.2, 0.25) is 0 Å². The van der Waals surface area contributed by atoms with Crippen molar-refractivity contribution in [2.24, 2.45) is 5.92 Å². The molecule has 0 bridgehead atoms. The lowest BCUT2D eigenvalue weighted by Crippen LogP contribution is -2.35. The van der Waals surface area contributed by atoms with Gasteiger partial charge in [0.05, 0.1) is 6.42 Å². The third kappa shape index (κ3) is 4.53. The monoisotopic (exact) mass is 250 g/mol. The Balaban J connectivity index is 2.71. The summed E-state index contributed by atoms with van der Waals surface area (Å²) in [6.07, 6.45) is 3.28. The highest BCUT2D eigenvalue weighted by atomic mass is 16.4. The zero-order valence-corrected chi connectivity index (χ0v) is 10.7. The summed E-state index contributed by atoms with van der Waals surface area (Å²) in [6, 6.07) is 3.64. The maximum atomic E-state index is 12.0. The van der Waals surface area contributed by atoms with Crippen molar-refractivity contribution < 1.29 is 14.7 Å². The van der Waals surface area contributed by atoms with Gasteiger partial charge in [0.15, 0.2) is 0 Å². The van der Waals surface area contributed by atoms with E-state index in [1.807, 2.05) is 26.0 Å². The van der Waals surface area contributed by atoms with Gasteiger partial charge in [-0.1, -0.05) is 13.8 Å². The molecular formula is C13H18N2O3. The Morgan fingerprint density at radius 3 is 2.44 bits per heavy atom. The molecule has 1 heterocycles. The van der Waals surface area contributed by atoms with Crippen LogP contribution < -0.4 is 0 Å². The Morgan fingerprint density at radius 1 is 1.33 bits per heavy atom. The quantitative estimate of drug-likeness (QED) is 0.831. The fraction of sp³-hybridized carbons (Fsp3) is 0.462. The molecule has 0 radical (unpaired) electrons. The Hall–Kier alpha value is -1.91. The second-order valence-corrected chi connectivity index (χ2v) is 4.41. The summed E-state index contributed by atoms with van der Waals surface area (Å²) >= 11 is 0. The Morgan fingerprint density at radius 2 is 1.94 bits per heavy atom. The molecule has 0 fully saturated rings. The lowest BCUT2D eigenvalue weighted by molar-refractivity contribution is -0.139. The molecule has 18 heavy (non-hydrogen) atoms. The molecule has 0 atom stereocenters. The van der Waals surface area contributed by atoms with Gasteiger partial charge in [0.25, 0.3) is 0 Å². The van der Waals surface area contributed by atoms with Crippen molar-refractivity contribution in [1.29, 1.82) is 0 Å². The van der Waals surface area contributed by atoms with Crippen molar-refractivity contribution in [3.05, 3.63) is 30.1 Å². The highest BCUT2D eigenvalue weighted by Crippen LogP contribution is 2.09. The molecular weight excluding hydrogens is 232 g/mol. The minimum Gasteiger partial charge on any atom is -0.481 e. The number of aliphatic carboxylic acids is 1. The van der Waals surface area contributed by atoms with Crippen LogP contribution in [0, 0.1) is 5.92 Å². The number of amides is 1. The molecule has 0 unspecified atom stereocenters. The third-order valence-corrected chi connectivity index (χ3v) is 2.52. The first kappa shape index (κ1) is 14.2. The second kappa shape index (κ2) is 6.74. The SMILES string of the molecule is CC(C)C(=O)N(CCC(=O)O)Cc1ccncc1. The van der Waals surface area contributed by atoms with Crippen LogP contribution in [0.5, 0.6) is 0 Å². The fourth-order valence-electron chi connectivity index (χ4n) is 1.57. The first-order valence-electron chi connectivity index (χ1n) is 5.90. The van der Waals surface area contributed by atoms with Crippen LogP contribution in [0.15, 0.2) is 24.5 Å². The number of carboxylic acid groups (broad SMARTS) is 1. The molecule has 0 aliphatic heterocycles. The second-order valence-electron chi connectivity index (χ2n) is 4.41. The number of pyridine rings is 1. The molecule has 1 N–H and O–H groups in total. The van der Waals surface area contributed by atoms with Gasteiger partial charge in [-0.3, -0.25) is 14.6 Å². The standard InChI is InChI=1S/C13H18N2O3/c1-10(2)13(18)15(8-5-12(16)17)9-11-3-6-14-7-4-11/h3-4,6-7,10H,5,8-9H2,1-2H3,(H,16,17). The van der Waals surface area contributed by atoms with Gasteiger partial charge in [0, 0.05) is 31.4 Å². The highest BCUT2D eigenvalue weighted by molar-refractivity contribution is 5.78. The zero-order valence-electron chi connectivity index (χ0n) is 10.7. The normalized spacial score (nSPS) is 10.4. The Kier molecular flexibility index (Phi) is 5.30. The summed E-state index contributed by atoms with van der Waals surface area (Å²) < 4.78 is 0. The number of nitrogens with zero attached hydrogens (tertiary/aromatic N) is 2. The molecule has 0 saturated carbocycles. The van der Waals surface area contributed by atoms with Crippen LogP contribution in [0.3, 0.4) is 0 Å². The molecule has 98 valence electrons. The van der Waals surface area contributed by atoms with E-state index in [-0.39, 0.29) is 24.8 Å². The molecule has 0 aliphatic carbocycles. The van der Waals surface area contributed by atoms with Crippen LogP contribution in [0.1, 0.15) is 25.8 Å². The summed E-state index contributed by atoms with van der Waals surface area (Å²) in [6.45, 7) is 4.27. The maximum Gasteiger partial charge on any atom is 0.305 e. The van der Waals surface area contributed by atoms with Crippen molar-refractivity contribution in [2.75, 3.05) is 6.54 Å². The average molecular weight is 250 g/mol. The number of carboxylic acids is 1. The molecule has 0 saturated heterocycles. The molecule has 5 heteroatoms. The van der Waals surface area contributed by atoms with Crippen LogP contribution in [0.4, 0.5) is 0 Å². The van der Waals surface area contributed by atoms with E-state index in [2.05, 4.69) is 4.98 Å². The number of rotatable bonds is 6. The molecule has 1 rings (SSSR count). The molecule has 0 aromatic carbocycles. The van der Waals surface area contributed by atoms with Gasteiger partial charge in [-0.2, -0.15) is 0 Å². The largest absolute Gasteiger partial charge is 0.481 e. The van der Waals surface area contributed by atoms with Crippen LogP contribution in [0.25, 0.3) is 0 Å². The van der Waals surface area contributed by atoms with Crippen molar-refractivity contribution >= 4 is 11.9 Å². The zero-order chi connectivity index (χ0) is 13.5. The maximum absolute atomic E-state index is 12.0. The van der Waals surface area contributed by atoms with Crippen molar-refractivity contribution in [1.82, 2.24) is 9.88 Å². The van der Waals surface area contributed by atoms with Crippen molar-refractivity contribution in [3.8, 4) is 0 Å². The van der Waals surface area contributed by atoms with Crippen LogP contribution in [-0.4, -0.2) is 33.4 Å². The molecule has 1 aromatic heterocycles. The molecule has 1 aromatic rings. The first-order chi connectivity index (χ1) is 8.50. The topological polar surface area (TPSA) is 70.5 Å². The highest BCUT2D eigenvalue weighted by Gasteiger charge is 2.18. The lowest BCUT2D eigenvalue weighted by atomic mass is 10.1.